The maximum Gasteiger partial charge on any atom is 0.334 e. The first kappa shape index (κ1) is 8.78. The highest BCUT2D eigenvalue weighted by Gasteiger charge is 2.07. The van der Waals surface area contributed by atoms with Crippen molar-refractivity contribution >= 4 is 5.97 Å². The van der Waals surface area contributed by atoms with E-state index in [-0.39, 0.29) is 5.97 Å². The number of hydrogen-bond donors (Lipinski definition) is 0. The second-order valence-corrected chi connectivity index (χ2v) is 2.70. The molecule has 1 aliphatic rings. The van der Waals surface area contributed by atoms with Gasteiger partial charge >= 0.3 is 5.97 Å². The number of hydrogen-bond acceptors (Lipinski definition) is 2. The van der Waals surface area contributed by atoms with Gasteiger partial charge in [-0.15, -0.1) is 0 Å². The van der Waals surface area contributed by atoms with E-state index in [1.54, 1.807) is 6.08 Å². The standard InChI is InChI=1S/C10H12O2/c1-8-4-3-5-9(7-6-8)10(11)12-2/h3-4,6-7H,5H2,1-2H3. The Bertz CT molecular complexity index is 270. The van der Waals surface area contributed by atoms with Gasteiger partial charge in [0.15, 0.2) is 0 Å². The van der Waals surface area contributed by atoms with E-state index in [4.69, 9.17) is 0 Å². The quantitative estimate of drug-likeness (QED) is 0.554. The predicted octanol–water partition coefficient (Wildman–Crippen LogP) is 1.99. The lowest BCUT2D eigenvalue weighted by Gasteiger charge is -1.98. The molecule has 0 amide bonds. The van der Waals surface area contributed by atoms with Crippen molar-refractivity contribution in [2.75, 3.05) is 7.11 Å². The van der Waals surface area contributed by atoms with E-state index in [0.717, 1.165) is 5.57 Å². The maximum atomic E-state index is 11.1. The van der Waals surface area contributed by atoms with E-state index in [2.05, 4.69) is 4.74 Å². The second-order valence-electron chi connectivity index (χ2n) is 2.70. The first-order valence-electron chi connectivity index (χ1n) is 3.86. The minimum atomic E-state index is -0.245. The van der Waals surface area contributed by atoms with Crippen LogP contribution in [0.15, 0.2) is 35.5 Å². The Balaban J connectivity index is 2.81. The molecule has 0 heterocycles. The largest absolute Gasteiger partial charge is 0.466 e. The lowest BCUT2D eigenvalue weighted by molar-refractivity contribution is -0.136. The molecule has 64 valence electrons. The fourth-order valence-corrected chi connectivity index (χ4v) is 1.01. The van der Waals surface area contributed by atoms with Gasteiger partial charge in [-0.05, 0) is 13.3 Å². The summed E-state index contributed by atoms with van der Waals surface area (Å²) in [5.74, 6) is -0.245. The number of ether oxygens (including phenoxy) is 1. The summed E-state index contributed by atoms with van der Waals surface area (Å²) in [4.78, 5) is 11.1. The molecule has 0 bridgehead atoms. The van der Waals surface area contributed by atoms with E-state index in [1.165, 1.54) is 7.11 Å². The normalized spacial score (nSPS) is 16.2. The molecule has 0 fully saturated rings. The molecule has 1 aliphatic carbocycles. The summed E-state index contributed by atoms with van der Waals surface area (Å²) >= 11 is 0. The summed E-state index contributed by atoms with van der Waals surface area (Å²) in [5.41, 5.74) is 1.85. The van der Waals surface area contributed by atoms with Crippen LogP contribution in [0.5, 0.6) is 0 Å². The molecule has 2 nitrogen and oxygen atoms in total. The number of esters is 1. The van der Waals surface area contributed by atoms with Crippen molar-refractivity contribution in [1.29, 1.82) is 0 Å². The van der Waals surface area contributed by atoms with Crippen LogP contribution in [0.3, 0.4) is 0 Å². The van der Waals surface area contributed by atoms with Crippen molar-refractivity contribution in [1.82, 2.24) is 0 Å². The second kappa shape index (κ2) is 3.90. The van der Waals surface area contributed by atoms with Gasteiger partial charge in [-0.3, -0.25) is 0 Å². The van der Waals surface area contributed by atoms with Crippen LogP contribution in [0.1, 0.15) is 13.3 Å². The Hall–Kier alpha value is -1.31. The zero-order chi connectivity index (χ0) is 8.97. The summed E-state index contributed by atoms with van der Waals surface area (Å²) in [6.45, 7) is 1.99. The van der Waals surface area contributed by atoms with Crippen LogP contribution >= 0.6 is 0 Å². The van der Waals surface area contributed by atoms with Crippen molar-refractivity contribution < 1.29 is 9.53 Å². The van der Waals surface area contributed by atoms with Crippen molar-refractivity contribution in [2.24, 2.45) is 0 Å². The minimum absolute atomic E-state index is 0.245. The van der Waals surface area contributed by atoms with Gasteiger partial charge in [0.1, 0.15) is 0 Å². The Morgan fingerprint density at radius 2 is 2.25 bits per heavy atom. The topological polar surface area (TPSA) is 26.3 Å². The fraction of sp³-hybridized carbons (Fsp3) is 0.300. The van der Waals surface area contributed by atoms with Crippen molar-refractivity contribution in [2.45, 2.75) is 13.3 Å². The average molecular weight is 164 g/mol. The molecule has 0 aromatic rings. The molecule has 0 aromatic heterocycles. The van der Waals surface area contributed by atoms with E-state index < -0.39 is 0 Å². The van der Waals surface area contributed by atoms with Gasteiger partial charge in [0, 0.05) is 5.57 Å². The summed E-state index contributed by atoms with van der Waals surface area (Å²) < 4.78 is 4.61. The van der Waals surface area contributed by atoms with Crippen LogP contribution in [-0.4, -0.2) is 13.1 Å². The molecule has 0 saturated carbocycles. The Kier molecular flexibility index (Phi) is 2.86. The minimum Gasteiger partial charge on any atom is -0.466 e. The molecule has 0 aliphatic heterocycles. The molecule has 0 atom stereocenters. The van der Waals surface area contributed by atoms with Gasteiger partial charge in [0.2, 0.25) is 0 Å². The van der Waals surface area contributed by atoms with Crippen LogP contribution in [0.25, 0.3) is 0 Å². The highest BCUT2D eigenvalue weighted by molar-refractivity contribution is 5.89. The number of allylic oxidation sites excluding steroid dienone is 5. The molecule has 12 heavy (non-hydrogen) atoms. The summed E-state index contributed by atoms with van der Waals surface area (Å²) in [7, 11) is 1.40. The fourth-order valence-electron chi connectivity index (χ4n) is 1.01. The SMILES string of the molecule is COC(=O)C1=CC=C(C)C=CC1. The van der Waals surface area contributed by atoms with Gasteiger partial charge in [-0.2, -0.15) is 0 Å². The molecule has 0 radical (unpaired) electrons. The number of methoxy groups -OCH3 is 1. The molecule has 0 spiro atoms. The number of carbonyl (C=O) groups is 1. The Morgan fingerprint density at radius 1 is 1.50 bits per heavy atom. The molecule has 0 unspecified atom stereocenters. The van der Waals surface area contributed by atoms with Crippen LogP contribution < -0.4 is 0 Å². The highest BCUT2D eigenvalue weighted by atomic mass is 16.5. The van der Waals surface area contributed by atoms with Gasteiger partial charge in [-0.25, -0.2) is 4.79 Å². The van der Waals surface area contributed by atoms with Crippen LogP contribution in [0.2, 0.25) is 0 Å². The van der Waals surface area contributed by atoms with Gasteiger partial charge < -0.3 is 4.74 Å². The summed E-state index contributed by atoms with van der Waals surface area (Å²) in [5, 5.41) is 0. The monoisotopic (exact) mass is 164 g/mol. The third-order valence-electron chi connectivity index (χ3n) is 1.71. The molecular formula is C10H12O2. The van der Waals surface area contributed by atoms with E-state index in [9.17, 15) is 4.79 Å². The highest BCUT2D eigenvalue weighted by Crippen LogP contribution is 2.11. The zero-order valence-electron chi connectivity index (χ0n) is 7.33. The molecule has 0 aromatic carbocycles. The lowest BCUT2D eigenvalue weighted by atomic mass is 10.2. The van der Waals surface area contributed by atoms with Gasteiger partial charge in [-0.1, -0.05) is 29.9 Å². The third-order valence-corrected chi connectivity index (χ3v) is 1.71. The van der Waals surface area contributed by atoms with Crippen molar-refractivity contribution in [3.63, 3.8) is 0 Å². The average Bonchev–Trinajstić information content (AvgIpc) is 2.29. The number of rotatable bonds is 1. The van der Waals surface area contributed by atoms with Gasteiger partial charge in [0.25, 0.3) is 0 Å². The Labute approximate surface area is 72.2 Å². The summed E-state index contributed by atoms with van der Waals surface area (Å²) in [6, 6.07) is 0. The Morgan fingerprint density at radius 3 is 2.92 bits per heavy atom. The first-order chi connectivity index (χ1) is 5.74. The van der Waals surface area contributed by atoms with Crippen LogP contribution in [0.4, 0.5) is 0 Å². The van der Waals surface area contributed by atoms with E-state index in [0.29, 0.717) is 12.0 Å². The van der Waals surface area contributed by atoms with Crippen molar-refractivity contribution in [3.05, 3.63) is 35.5 Å². The third kappa shape index (κ3) is 2.09. The van der Waals surface area contributed by atoms with Crippen molar-refractivity contribution in [3.8, 4) is 0 Å². The maximum absolute atomic E-state index is 11.1. The number of carbonyl (C=O) groups excluding carboxylic acids is 1. The van der Waals surface area contributed by atoms with Crippen LogP contribution in [-0.2, 0) is 9.53 Å². The zero-order valence-corrected chi connectivity index (χ0v) is 7.33. The molecule has 0 N–H and O–H groups in total. The first-order valence-corrected chi connectivity index (χ1v) is 3.86. The lowest BCUT2D eigenvalue weighted by Crippen LogP contribution is -2.03. The van der Waals surface area contributed by atoms with E-state index in [1.807, 2.05) is 25.2 Å². The molecule has 0 saturated heterocycles. The predicted molar refractivity (Wildman–Crippen MR) is 47.6 cm³/mol. The molecule has 2 heteroatoms. The van der Waals surface area contributed by atoms with E-state index >= 15 is 0 Å². The molecule has 1 rings (SSSR count). The van der Waals surface area contributed by atoms with Gasteiger partial charge in [0.05, 0.1) is 7.11 Å². The smallest absolute Gasteiger partial charge is 0.334 e. The summed E-state index contributed by atoms with van der Waals surface area (Å²) in [6.07, 6.45) is 8.32. The molecular weight excluding hydrogens is 152 g/mol. The van der Waals surface area contributed by atoms with Crippen LogP contribution in [0, 0.1) is 0 Å².